The average molecular weight is 355 g/mol. The predicted octanol–water partition coefficient (Wildman–Crippen LogP) is 0.476. The zero-order valence-corrected chi connectivity index (χ0v) is 14.6. The molecule has 2 fully saturated rings. The first kappa shape index (κ1) is 16.8. The Kier molecular flexibility index (Phi) is 3.84. The first-order valence-corrected chi connectivity index (χ1v) is 8.68. The third-order valence-electron chi connectivity index (χ3n) is 5.75. The van der Waals surface area contributed by atoms with Gasteiger partial charge in [-0.2, -0.15) is 0 Å². The standard InChI is InChI=1S/C19H21N3O4/c1-20-8-13-9-22(12-19(13,11-20)18(25)26)17(24)10-21-7-6-16(23)14-4-2-3-5-15(14)21/h2-7,13H,8-12H2,1H3,(H,25,26)/t13-,19-/m0/s1. The quantitative estimate of drug-likeness (QED) is 0.866. The first-order chi connectivity index (χ1) is 12.4. The van der Waals surface area contributed by atoms with Gasteiger partial charge in [0.05, 0.1) is 5.52 Å². The number of rotatable bonds is 3. The highest BCUT2D eigenvalue weighted by atomic mass is 16.4. The average Bonchev–Trinajstić information content (AvgIpc) is 3.11. The fraction of sp³-hybridized carbons (Fsp3) is 0.421. The van der Waals surface area contributed by atoms with Crippen molar-refractivity contribution in [2.24, 2.45) is 11.3 Å². The van der Waals surface area contributed by atoms with E-state index in [-0.39, 0.29) is 30.3 Å². The van der Waals surface area contributed by atoms with Crippen LogP contribution in [0.25, 0.3) is 10.9 Å². The summed E-state index contributed by atoms with van der Waals surface area (Å²) in [7, 11) is 1.92. The molecule has 26 heavy (non-hydrogen) atoms. The van der Waals surface area contributed by atoms with Crippen molar-refractivity contribution >= 4 is 22.8 Å². The van der Waals surface area contributed by atoms with Crippen LogP contribution >= 0.6 is 0 Å². The van der Waals surface area contributed by atoms with E-state index in [4.69, 9.17) is 0 Å². The molecule has 2 aromatic rings. The summed E-state index contributed by atoms with van der Waals surface area (Å²) in [6, 6.07) is 8.65. The number of carbonyl (C=O) groups is 2. The Balaban J connectivity index is 1.58. The minimum Gasteiger partial charge on any atom is -0.481 e. The lowest BCUT2D eigenvalue weighted by molar-refractivity contribution is -0.149. The van der Waals surface area contributed by atoms with Crippen LogP contribution < -0.4 is 5.43 Å². The van der Waals surface area contributed by atoms with Crippen molar-refractivity contribution in [3.05, 3.63) is 46.8 Å². The summed E-state index contributed by atoms with van der Waals surface area (Å²) in [5.74, 6) is -0.979. The van der Waals surface area contributed by atoms with Crippen LogP contribution in [0.3, 0.4) is 0 Å². The maximum absolute atomic E-state index is 12.8. The molecule has 1 amide bonds. The molecule has 0 saturated carbocycles. The molecule has 1 aromatic heterocycles. The van der Waals surface area contributed by atoms with Crippen LogP contribution in [-0.2, 0) is 16.1 Å². The van der Waals surface area contributed by atoms with Gasteiger partial charge in [-0.3, -0.25) is 14.4 Å². The van der Waals surface area contributed by atoms with E-state index < -0.39 is 11.4 Å². The van der Waals surface area contributed by atoms with Crippen LogP contribution in [0.4, 0.5) is 0 Å². The lowest BCUT2D eigenvalue weighted by Gasteiger charge is -2.24. The number of amides is 1. The Morgan fingerprint density at radius 2 is 1.96 bits per heavy atom. The molecular formula is C19H21N3O4. The van der Waals surface area contributed by atoms with Crippen molar-refractivity contribution in [1.29, 1.82) is 0 Å². The van der Waals surface area contributed by atoms with Gasteiger partial charge in [0.15, 0.2) is 5.43 Å². The number of fused-ring (bicyclic) bond motifs is 2. The molecule has 0 unspecified atom stereocenters. The summed E-state index contributed by atoms with van der Waals surface area (Å²) in [5.41, 5.74) is -0.232. The number of aromatic nitrogens is 1. The molecule has 7 nitrogen and oxygen atoms in total. The smallest absolute Gasteiger partial charge is 0.313 e. The number of likely N-dealkylation sites (tertiary alicyclic amines) is 2. The van der Waals surface area contributed by atoms with Gasteiger partial charge in [0.1, 0.15) is 12.0 Å². The maximum Gasteiger partial charge on any atom is 0.313 e. The van der Waals surface area contributed by atoms with E-state index in [1.165, 1.54) is 6.07 Å². The van der Waals surface area contributed by atoms with E-state index in [2.05, 4.69) is 0 Å². The minimum absolute atomic E-state index is 0.0419. The Morgan fingerprint density at radius 3 is 2.69 bits per heavy atom. The van der Waals surface area contributed by atoms with Crippen molar-refractivity contribution in [2.45, 2.75) is 6.54 Å². The molecule has 136 valence electrons. The van der Waals surface area contributed by atoms with E-state index in [0.717, 1.165) is 0 Å². The first-order valence-electron chi connectivity index (χ1n) is 8.68. The third kappa shape index (κ3) is 2.50. The third-order valence-corrected chi connectivity index (χ3v) is 5.75. The summed E-state index contributed by atoms with van der Waals surface area (Å²) in [6.07, 6.45) is 1.63. The van der Waals surface area contributed by atoms with Crippen LogP contribution in [-0.4, -0.2) is 64.6 Å². The van der Waals surface area contributed by atoms with E-state index in [0.29, 0.717) is 30.5 Å². The van der Waals surface area contributed by atoms with Gasteiger partial charge in [-0.05, 0) is 19.2 Å². The molecule has 0 aliphatic carbocycles. The minimum atomic E-state index is -0.865. The molecule has 2 saturated heterocycles. The Morgan fingerprint density at radius 1 is 1.19 bits per heavy atom. The second-order valence-electron chi connectivity index (χ2n) is 7.45. The van der Waals surface area contributed by atoms with Gasteiger partial charge in [0, 0.05) is 49.7 Å². The van der Waals surface area contributed by atoms with E-state index >= 15 is 0 Å². The topological polar surface area (TPSA) is 82.8 Å². The molecule has 7 heteroatoms. The summed E-state index contributed by atoms with van der Waals surface area (Å²) < 4.78 is 1.76. The van der Waals surface area contributed by atoms with E-state index in [1.807, 2.05) is 24.1 Å². The lowest BCUT2D eigenvalue weighted by atomic mass is 9.81. The molecule has 0 radical (unpaired) electrons. The van der Waals surface area contributed by atoms with E-state index in [1.54, 1.807) is 27.8 Å². The molecule has 1 N–H and O–H groups in total. The second kappa shape index (κ2) is 5.95. The van der Waals surface area contributed by atoms with Gasteiger partial charge in [0.2, 0.25) is 5.91 Å². The molecule has 4 rings (SSSR count). The van der Waals surface area contributed by atoms with Crippen molar-refractivity contribution < 1.29 is 14.7 Å². The number of hydrogen-bond donors (Lipinski definition) is 1. The number of pyridine rings is 1. The molecule has 0 spiro atoms. The SMILES string of the molecule is CN1C[C@H]2CN(C(=O)Cn3ccc(=O)c4ccccc43)C[C@@]2(C(=O)O)C1. The second-order valence-corrected chi connectivity index (χ2v) is 7.45. The highest BCUT2D eigenvalue weighted by molar-refractivity contribution is 5.84. The van der Waals surface area contributed by atoms with Crippen molar-refractivity contribution in [1.82, 2.24) is 14.4 Å². The summed E-state index contributed by atoms with van der Waals surface area (Å²) in [5, 5.41) is 10.3. The zero-order valence-electron chi connectivity index (χ0n) is 14.6. The normalized spacial score (nSPS) is 25.6. The van der Waals surface area contributed by atoms with Crippen LogP contribution in [0, 0.1) is 11.3 Å². The molecule has 0 bridgehead atoms. The number of carbonyl (C=O) groups excluding carboxylic acids is 1. The van der Waals surface area contributed by atoms with Gasteiger partial charge in [-0.1, -0.05) is 12.1 Å². The number of hydrogen-bond acceptors (Lipinski definition) is 4. The fourth-order valence-electron chi connectivity index (χ4n) is 4.45. The number of aliphatic carboxylic acids is 1. The highest BCUT2D eigenvalue weighted by Crippen LogP contribution is 2.42. The number of para-hydroxylation sites is 1. The van der Waals surface area contributed by atoms with Crippen LogP contribution in [0.2, 0.25) is 0 Å². The number of nitrogens with zero attached hydrogens (tertiary/aromatic N) is 3. The number of benzene rings is 1. The monoisotopic (exact) mass is 355 g/mol. The van der Waals surface area contributed by atoms with Crippen molar-refractivity contribution in [3.63, 3.8) is 0 Å². The summed E-state index contributed by atoms with van der Waals surface area (Å²) >= 11 is 0. The molecule has 1 aromatic carbocycles. The molecule has 2 atom stereocenters. The fourth-order valence-corrected chi connectivity index (χ4v) is 4.45. The molecule has 2 aliphatic heterocycles. The van der Waals surface area contributed by atoms with Crippen LogP contribution in [0.1, 0.15) is 0 Å². The summed E-state index contributed by atoms with van der Waals surface area (Å²) in [4.78, 5) is 40.4. The van der Waals surface area contributed by atoms with Crippen molar-refractivity contribution in [3.8, 4) is 0 Å². The van der Waals surface area contributed by atoms with Crippen LogP contribution in [0.15, 0.2) is 41.3 Å². The zero-order chi connectivity index (χ0) is 18.5. The molecule has 2 aliphatic rings. The number of carboxylic acids is 1. The van der Waals surface area contributed by atoms with Gasteiger partial charge in [-0.25, -0.2) is 0 Å². The Bertz CT molecular complexity index is 953. The lowest BCUT2D eigenvalue weighted by Crippen LogP contribution is -2.42. The van der Waals surface area contributed by atoms with Gasteiger partial charge < -0.3 is 19.5 Å². The molecular weight excluding hydrogens is 334 g/mol. The van der Waals surface area contributed by atoms with E-state index in [9.17, 15) is 19.5 Å². The Hall–Kier alpha value is -2.67. The molecule has 3 heterocycles. The van der Waals surface area contributed by atoms with Crippen LogP contribution in [0.5, 0.6) is 0 Å². The summed E-state index contributed by atoms with van der Waals surface area (Å²) in [6.45, 7) is 1.97. The predicted molar refractivity (Wildman–Crippen MR) is 95.8 cm³/mol. The Labute approximate surface area is 150 Å². The van der Waals surface area contributed by atoms with Gasteiger partial charge >= 0.3 is 5.97 Å². The number of carboxylic acid groups (broad SMARTS) is 1. The highest BCUT2D eigenvalue weighted by Gasteiger charge is 2.57. The maximum atomic E-state index is 12.8. The van der Waals surface area contributed by atoms with Crippen molar-refractivity contribution in [2.75, 3.05) is 33.2 Å². The largest absolute Gasteiger partial charge is 0.481 e. The van der Waals surface area contributed by atoms with Gasteiger partial charge in [0.25, 0.3) is 0 Å². The van der Waals surface area contributed by atoms with Gasteiger partial charge in [-0.15, -0.1) is 0 Å².